The summed E-state index contributed by atoms with van der Waals surface area (Å²) < 4.78 is 16.6. The Morgan fingerprint density at radius 3 is 2.69 bits per heavy atom. The number of aliphatic hydroxyl groups is 1. The van der Waals surface area contributed by atoms with Crippen LogP contribution in [0.1, 0.15) is 58.3 Å². The molecule has 3 saturated heterocycles. The summed E-state index contributed by atoms with van der Waals surface area (Å²) in [6.45, 7) is 3.22. The third-order valence-electron chi connectivity index (χ3n) is 5.59. The highest BCUT2D eigenvalue weighted by Crippen LogP contribution is 2.30. The third-order valence-corrected chi connectivity index (χ3v) is 5.59. The molecule has 0 aromatic carbocycles. The molecule has 7 heteroatoms. The first-order valence-electron chi connectivity index (χ1n) is 10.0. The fourth-order valence-corrected chi connectivity index (χ4v) is 4.11. The SMILES string of the molecule is CCCCCCCC(=O)N1CCCC1C(=O)O[C@@H]1CO[C@H]2[C@@H]1OC[C@@H]2O. The first kappa shape index (κ1) is 19.6. The maximum atomic E-state index is 12.6. The van der Waals surface area contributed by atoms with Crippen LogP contribution in [0.2, 0.25) is 0 Å². The molecule has 3 fully saturated rings. The molecule has 0 aromatic rings. The summed E-state index contributed by atoms with van der Waals surface area (Å²) in [5, 5.41) is 9.77. The molecule has 3 aliphatic heterocycles. The van der Waals surface area contributed by atoms with Gasteiger partial charge in [0.25, 0.3) is 0 Å². The molecule has 1 unspecified atom stereocenters. The minimum Gasteiger partial charge on any atom is -0.455 e. The Hall–Kier alpha value is -1.18. The lowest BCUT2D eigenvalue weighted by atomic mass is 10.1. The number of likely N-dealkylation sites (tertiary alicyclic amines) is 1. The number of fused-ring (bicyclic) bond motifs is 1. The van der Waals surface area contributed by atoms with E-state index < -0.39 is 30.5 Å². The van der Waals surface area contributed by atoms with Crippen LogP contribution in [0.5, 0.6) is 0 Å². The van der Waals surface area contributed by atoms with Crippen LogP contribution in [0, 0.1) is 0 Å². The standard InChI is InChI=1S/C19H31NO6/c1-2-3-4-5-6-9-16(22)20-10-7-8-13(20)19(23)26-15-12-25-17-14(21)11-24-18(15)17/h13-15,17-18,21H,2-12H2,1H3/t13?,14-,15+,17+,18+/m0/s1. The zero-order chi connectivity index (χ0) is 18.5. The van der Waals surface area contributed by atoms with Gasteiger partial charge in [0.15, 0.2) is 6.10 Å². The monoisotopic (exact) mass is 369 g/mol. The normalized spacial score (nSPS) is 33.5. The molecule has 0 radical (unpaired) electrons. The molecule has 5 atom stereocenters. The average Bonchev–Trinajstić information content (AvgIpc) is 3.33. The van der Waals surface area contributed by atoms with Gasteiger partial charge in [0, 0.05) is 13.0 Å². The highest BCUT2D eigenvalue weighted by Gasteiger charge is 2.49. The van der Waals surface area contributed by atoms with Crippen molar-refractivity contribution in [2.45, 2.75) is 88.7 Å². The summed E-state index contributed by atoms with van der Waals surface area (Å²) in [7, 11) is 0. The summed E-state index contributed by atoms with van der Waals surface area (Å²) in [5.74, 6) is -0.324. The summed E-state index contributed by atoms with van der Waals surface area (Å²) in [4.78, 5) is 26.8. The Bertz CT molecular complexity index is 498. The third kappa shape index (κ3) is 4.38. The van der Waals surface area contributed by atoms with Crippen LogP contribution < -0.4 is 0 Å². The molecule has 3 heterocycles. The maximum absolute atomic E-state index is 12.6. The van der Waals surface area contributed by atoms with E-state index in [2.05, 4.69) is 6.92 Å². The second-order valence-electron chi connectivity index (χ2n) is 7.55. The van der Waals surface area contributed by atoms with Crippen molar-refractivity contribution in [3.8, 4) is 0 Å². The van der Waals surface area contributed by atoms with E-state index in [-0.39, 0.29) is 25.1 Å². The lowest BCUT2D eigenvalue weighted by molar-refractivity contribution is -0.162. The minimum absolute atomic E-state index is 0.0500. The molecule has 1 N–H and O–H groups in total. The lowest BCUT2D eigenvalue weighted by Crippen LogP contribution is -2.44. The van der Waals surface area contributed by atoms with Crippen LogP contribution in [0.15, 0.2) is 0 Å². The molecule has 148 valence electrons. The van der Waals surface area contributed by atoms with Gasteiger partial charge in [0.1, 0.15) is 24.4 Å². The largest absolute Gasteiger partial charge is 0.455 e. The predicted octanol–water partition coefficient (Wildman–Crippen LogP) is 1.41. The lowest BCUT2D eigenvalue weighted by Gasteiger charge is -2.25. The molecule has 0 saturated carbocycles. The summed E-state index contributed by atoms with van der Waals surface area (Å²) in [5.41, 5.74) is 0. The minimum atomic E-state index is -0.666. The van der Waals surface area contributed by atoms with Gasteiger partial charge in [-0.15, -0.1) is 0 Å². The number of nitrogens with zero attached hydrogens (tertiary/aromatic N) is 1. The van der Waals surface area contributed by atoms with Crippen molar-refractivity contribution in [1.29, 1.82) is 0 Å². The Balaban J connectivity index is 1.46. The predicted molar refractivity (Wildman–Crippen MR) is 93.5 cm³/mol. The van der Waals surface area contributed by atoms with E-state index in [1.807, 2.05) is 0 Å². The zero-order valence-corrected chi connectivity index (χ0v) is 15.6. The van der Waals surface area contributed by atoms with E-state index in [0.29, 0.717) is 19.4 Å². The number of rotatable bonds is 8. The number of carbonyl (C=O) groups is 2. The molecular formula is C19H31NO6. The van der Waals surface area contributed by atoms with Crippen molar-refractivity contribution in [1.82, 2.24) is 4.90 Å². The second kappa shape index (κ2) is 9.15. The quantitative estimate of drug-likeness (QED) is 0.514. The van der Waals surface area contributed by atoms with E-state index in [0.717, 1.165) is 25.7 Å². The number of esters is 1. The Morgan fingerprint density at radius 1 is 1.12 bits per heavy atom. The van der Waals surface area contributed by atoms with E-state index in [1.54, 1.807) is 4.90 Å². The first-order valence-corrected chi connectivity index (χ1v) is 10.0. The molecule has 26 heavy (non-hydrogen) atoms. The number of amides is 1. The number of aliphatic hydroxyl groups excluding tert-OH is 1. The van der Waals surface area contributed by atoms with Crippen LogP contribution >= 0.6 is 0 Å². The van der Waals surface area contributed by atoms with Gasteiger partial charge in [-0.25, -0.2) is 4.79 Å². The number of hydrogen-bond donors (Lipinski definition) is 1. The van der Waals surface area contributed by atoms with E-state index in [4.69, 9.17) is 14.2 Å². The van der Waals surface area contributed by atoms with Crippen LogP contribution in [0.25, 0.3) is 0 Å². The number of hydrogen-bond acceptors (Lipinski definition) is 6. The van der Waals surface area contributed by atoms with E-state index in [1.165, 1.54) is 12.8 Å². The highest BCUT2D eigenvalue weighted by molar-refractivity contribution is 5.85. The van der Waals surface area contributed by atoms with Gasteiger partial charge >= 0.3 is 5.97 Å². The van der Waals surface area contributed by atoms with Crippen LogP contribution in [0.4, 0.5) is 0 Å². The Kier molecular flexibility index (Phi) is 6.89. The van der Waals surface area contributed by atoms with Crippen LogP contribution in [0.3, 0.4) is 0 Å². The van der Waals surface area contributed by atoms with Crippen molar-refractivity contribution in [2.24, 2.45) is 0 Å². The molecule has 7 nitrogen and oxygen atoms in total. The molecule has 0 spiro atoms. The summed E-state index contributed by atoms with van der Waals surface area (Å²) in [6, 6.07) is -0.497. The molecule has 3 aliphatic rings. The summed E-state index contributed by atoms with van der Waals surface area (Å²) >= 11 is 0. The topological polar surface area (TPSA) is 85.3 Å². The van der Waals surface area contributed by atoms with Crippen molar-refractivity contribution in [3.63, 3.8) is 0 Å². The van der Waals surface area contributed by atoms with Gasteiger partial charge in [-0.3, -0.25) is 4.79 Å². The van der Waals surface area contributed by atoms with Crippen molar-refractivity contribution in [2.75, 3.05) is 19.8 Å². The van der Waals surface area contributed by atoms with Crippen LogP contribution in [-0.4, -0.2) is 72.1 Å². The Labute approximate surface area is 155 Å². The van der Waals surface area contributed by atoms with Gasteiger partial charge in [0.2, 0.25) is 5.91 Å². The molecular weight excluding hydrogens is 338 g/mol. The van der Waals surface area contributed by atoms with Crippen LogP contribution in [-0.2, 0) is 23.8 Å². The van der Waals surface area contributed by atoms with Crippen molar-refractivity contribution >= 4 is 11.9 Å². The average molecular weight is 369 g/mol. The van der Waals surface area contributed by atoms with Gasteiger partial charge in [0.05, 0.1) is 13.2 Å². The molecule has 0 aromatic heterocycles. The number of ether oxygens (including phenoxy) is 3. The highest BCUT2D eigenvalue weighted by atomic mass is 16.6. The second-order valence-corrected chi connectivity index (χ2v) is 7.55. The fourth-order valence-electron chi connectivity index (χ4n) is 4.11. The van der Waals surface area contributed by atoms with Crippen molar-refractivity contribution < 1.29 is 28.9 Å². The zero-order valence-electron chi connectivity index (χ0n) is 15.6. The van der Waals surface area contributed by atoms with E-state index in [9.17, 15) is 14.7 Å². The summed E-state index contributed by atoms with van der Waals surface area (Å²) in [6.07, 6.45) is 5.46. The number of carbonyl (C=O) groups excluding carboxylic acids is 2. The number of unbranched alkanes of at least 4 members (excludes halogenated alkanes) is 4. The smallest absolute Gasteiger partial charge is 0.329 e. The van der Waals surface area contributed by atoms with Gasteiger partial charge in [-0.1, -0.05) is 32.6 Å². The molecule has 0 aliphatic carbocycles. The molecule has 3 rings (SSSR count). The van der Waals surface area contributed by atoms with E-state index >= 15 is 0 Å². The van der Waals surface area contributed by atoms with Gasteiger partial charge < -0.3 is 24.2 Å². The fraction of sp³-hybridized carbons (Fsp3) is 0.895. The Morgan fingerprint density at radius 2 is 1.88 bits per heavy atom. The molecule has 0 bridgehead atoms. The molecule has 1 amide bonds. The van der Waals surface area contributed by atoms with Crippen molar-refractivity contribution in [3.05, 3.63) is 0 Å². The van der Waals surface area contributed by atoms with Gasteiger partial charge in [-0.05, 0) is 19.3 Å². The van der Waals surface area contributed by atoms with Gasteiger partial charge in [-0.2, -0.15) is 0 Å². The maximum Gasteiger partial charge on any atom is 0.329 e. The first-order chi connectivity index (χ1) is 12.6.